The Balaban J connectivity index is 3.10. The van der Waals surface area contributed by atoms with Gasteiger partial charge >= 0.3 is 0 Å². The average Bonchev–Trinajstić information content (AvgIpc) is 2.19. The predicted molar refractivity (Wildman–Crippen MR) is 54.3 cm³/mol. The van der Waals surface area contributed by atoms with Gasteiger partial charge < -0.3 is 5.11 Å². The van der Waals surface area contributed by atoms with Crippen LogP contribution in [-0.4, -0.2) is 5.11 Å². The average molecular weight is 174 g/mol. The summed E-state index contributed by atoms with van der Waals surface area (Å²) in [7, 11) is 0. The molecule has 0 saturated heterocycles. The third-order valence-corrected chi connectivity index (χ3v) is 2.15. The van der Waals surface area contributed by atoms with E-state index in [1.54, 1.807) is 6.08 Å². The Morgan fingerprint density at radius 1 is 1.46 bits per heavy atom. The molecule has 0 aliphatic carbocycles. The Hall–Kier alpha value is -1.30. The molecule has 0 amide bonds. The second kappa shape index (κ2) is 4.08. The molecule has 0 spiro atoms. The fraction of sp³-hybridized carbons (Fsp3) is 0.250. The molecule has 0 bridgehead atoms. The molecule has 0 radical (unpaired) electrons. The summed E-state index contributed by atoms with van der Waals surface area (Å²) >= 11 is 0. The first-order valence-electron chi connectivity index (χ1n) is 4.38. The van der Waals surface area contributed by atoms with Crippen molar-refractivity contribution < 1.29 is 5.11 Å². The first-order chi connectivity index (χ1) is 6.23. The Labute approximate surface area is 79.0 Å². The molecule has 0 aliphatic rings. The highest BCUT2D eigenvalue weighted by molar-refractivity contribution is 5.26. The van der Waals surface area contributed by atoms with Crippen molar-refractivity contribution in [2.45, 2.75) is 18.9 Å². The van der Waals surface area contributed by atoms with Gasteiger partial charge in [-0.05, 0) is 18.1 Å². The van der Waals surface area contributed by atoms with Crippen molar-refractivity contribution in [1.29, 1.82) is 0 Å². The van der Waals surface area contributed by atoms with E-state index in [9.17, 15) is 5.11 Å². The van der Waals surface area contributed by atoms with Crippen LogP contribution in [0.2, 0.25) is 0 Å². The minimum Gasteiger partial charge on any atom is -0.380 e. The molecule has 0 fully saturated rings. The van der Waals surface area contributed by atoms with Crippen LogP contribution in [0.4, 0.5) is 0 Å². The molecule has 0 aromatic heterocycles. The number of hydrogen-bond acceptors (Lipinski definition) is 1. The zero-order valence-electron chi connectivity index (χ0n) is 7.83. The summed E-state index contributed by atoms with van der Waals surface area (Å²) in [6, 6.07) is 9.55. The van der Waals surface area contributed by atoms with Crippen LogP contribution in [0.1, 0.15) is 18.9 Å². The summed E-state index contributed by atoms with van der Waals surface area (Å²) in [5.74, 6) is 0. The van der Waals surface area contributed by atoms with Crippen LogP contribution in [0.3, 0.4) is 0 Å². The van der Waals surface area contributed by atoms with Crippen molar-refractivity contribution >= 4 is 0 Å². The van der Waals surface area contributed by atoms with Crippen molar-refractivity contribution in [2.24, 2.45) is 0 Å². The largest absolute Gasteiger partial charge is 0.380 e. The predicted octanol–water partition coefficient (Wildman–Crippen LogP) is 2.63. The van der Waals surface area contributed by atoms with E-state index in [2.05, 4.69) is 12.3 Å². The van der Waals surface area contributed by atoms with Gasteiger partial charge in [-0.3, -0.25) is 0 Å². The van der Waals surface area contributed by atoms with Gasteiger partial charge in [0.2, 0.25) is 0 Å². The zero-order chi connectivity index (χ0) is 9.73. The summed E-state index contributed by atoms with van der Waals surface area (Å²) in [5, 5.41) is 10.1. The molecule has 1 aromatic rings. The molecular weight excluding hydrogens is 160 g/mol. The molecule has 0 heterocycles. The van der Waals surface area contributed by atoms with Crippen LogP contribution in [0, 0.1) is 0 Å². The smallest absolute Gasteiger partial charge is 0.115 e. The Kier molecular flexibility index (Phi) is 3.07. The van der Waals surface area contributed by atoms with E-state index < -0.39 is 5.60 Å². The van der Waals surface area contributed by atoms with Crippen LogP contribution >= 0.6 is 0 Å². The van der Waals surface area contributed by atoms with E-state index >= 15 is 0 Å². The van der Waals surface area contributed by atoms with E-state index in [1.807, 2.05) is 37.3 Å². The quantitative estimate of drug-likeness (QED) is 0.698. The Morgan fingerprint density at radius 2 is 2.08 bits per heavy atom. The molecule has 1 nitrogen and oxygen atoms in total. The maximum atomic E-state index is 10.1. The molecule has 1 heteroatoms. The van der Waals surface area contributed by atoms with E-state index in [0.717, 1.165) is 5.56 Å². The summed E-state index contributed by atoms with van der Waals surface area (Å²) in [6.45, 7) is 5.41. The molecule has 0 saturated carbocycles. The van der Waals surface area contributed by atoms with Crippen LogP contribution < -0.4 is 0 Å². The summed E-state index contributed by atoms with van der Waals surface area (Å²) in [6.07, 6.45) is 2.22. The molecule has 1 unspecified atom stereocenters. The zero-order valence-corrected chi connectivity index (χ0v) is 7.83. The summed E-state index contributed by atoms with van der Waals surface area (Å²) in [4.78, 5) is 0. The maximum Gasteiger partial charge on any atom is 0.115 e. The monoisotopic (exact) mass is 174 g/mol. The lowest BCUT2D eigenvalue weighted by Crippen LogP contribution is -2.20. The van der Waals surface area contributed by atoms with E-state index in [-0.39, 0.29) is 0 Å². The lowest BCUT2D eigenvalue weighted by atomic mass is 9.91. The molecule has 1 atom stereocenters. The topological polar surface area (TPSA) is 20.2 Å². The lowest BCUT2D eigenvalue weighted by molar-refractivity contribution is 0.0854. The number of hydrogen-bond donors (Lipinski definition) is 1. The molecule has 68 valence electrons. The van der Waals surface area contributed by atoms with Gasteiger partial charge in [0.15, 0.2) is 0 Å². The molecular formula is C12H14O. The van der Waals surface area contributed by atoms with Gasteiger partial charge in [-0.15, -0.1) is 5.73 Å². The van der Waals surface area contributed by atoms with Gasteiger partial charge in [0, 0.05) is 0 Å². The molecule has 13 heavy (non-hydrogen) atoms. The van der Waals surface area contributed by atoms with Crippen LogP contribution in [0.25, 0.3) is 0 Å². The van der Waals surface area contributed by atoms with Crippen molar-refractivity contribution in [2.75, 3.05) is 0 Å². The normalized spacial score (nSPS) is 14.3. The van der Waals surface area contributed by atoms with Crippen LogP contribution in [0.15, 0.2) is 48.7 Å². The van der Waals surface area contributed by atoms with E-state index in [1.165, 1.54) is 0 Å². The fourth-order valence-corrected chi connectivity index (χ4v) is 1.29. The first-order valence-corrected chi connectivity index (χ1v) is 4.38. The Morgan fingerprint density at radius 3 is 2.54 bits per heavy atom. The van der Waals surface area contributed by atoms with Gasteiger partial charge in [-0.2, -0.15) is 0 Å². The molecule has 1 rings (SSSR count). The molecule has 0 aliphatic heterocycles. The van der Waals surface area contributed by atoms with Crippen LogP contribution in [0.5, 0.6) is 0 Å². The third kappa shape index (κ3) is 2.09. The summed E-state index contributed by atoms with van der Waals surface area (Å²) in [5.41, 5.74) is 2.60. The van der Waals surface area contributed by atoms with E-state index in [0.29, 0.717) is 6.42 Å². The Bertz CT molecular complexity index is 309. The van der Waals surface area contributed by atoms with Gasteiger partial charge in [0.25, 0.3) is 0 Å². The highest BCUT2D eigenvalue weighted by Crippen LogP contribution is 2.25. The van der Waals surface area contributed by atoms with Crippen LogP contribution in [-0.2, 0) is 5.60 Å². The SMILES string of the molecule is C=C=CC(O)(CC)c1ccccc1. The van der Waals surface area contributed by atoms with Crippen molar-refractivity contribution in [1.82, 2.24) is 0 Å². The second-order valence-corrected chi connectivity index (χ2v) is 2.99. The highest BCUT2D eigenvalue weighted by atomic mass is 16.3. The van der Waals surface area contributed by atoms with Gasteiger partial charge in [0.05, 0.1) is 0 Å². The second-order valence-electron chi connectivity index (χ2n) is 2.99. The van der Waals surface area contributed by atoms with Gasteiger partial charge in [0.1, 0.15) is 5.60 Å². The van der Waals surface area contributed by atoms with Crippen molar-refractivity contribution in [3.8, 4) is 0 Å². The van der Waals surface area contributed by atoms with Crippen molar-refractivity contribution in [3.63, 3.8) is 0 Å². The van der Waals surface area contributed by atoms with E-state index in [4.69, 9.17) is 0 Å². The van der Waals surface area contributed by atoms with Gasteiger partial charge in [-0.25, -0.2) is 0 Å². The molecule has 1 aromatic carbocycles. The number of rotatable bonds is 3. The maximum absolute atomic E-state index is 10.1. The third-order valence-electron chi connectivity index (χ3n) is 2.15. The number of benzene rings is 1. The first kappa shape index (κ1) is 9.79. The van der Waals surface area contributed by atoms with Gasteiger partial charge in [-0.1, -0.05) is 43.8 Å². The lowest BCUT2D eigenvalue weighted by Gasteiger charge is -2.22. The number of aliphatic hydroxyl groups is 1. The minimum atomic E-state index is -0.914. The summed E-state index contributed by atoms with van der Waals surface area (Å²) < 4.78 is 0. The fourth-order valence-electron chi connectivity index (χ4n) is 1.29. The highest BCUT2D eigenvalue weighted by Gasteiger charge is 2.22. The van der Waals surface area contributed by atoms with Crippen molar-refractivity contribution in [3.05, 3.63) is 54.3 Å². The molecule has 1 N–H and O–H groups in total. The standard InChI is InChI=1S/C12H14O/c1-3-10-12(13,4-2)11-8-6-5-7-9-11/h5-10,13H,1,4H2,2H3. The minimum absolute atomic E-state index is 0.625.